The molecule has 70 valence electrons. The largest absolute Gasteiger partial charge is 0.313 e. The molecule has 1 heterocycles. The third-order valence-corrected chi connectivity index (χ3v) is 3.41. The Balaban J connectivity index is 1.89. The van der Waals surface area contributed by atoms with E-state index in [-0.39, 0.29) is 5.82 Å². The lowest BCUT2D eigenvalue weighted by Crippen LogP contribution is -2.44. The molecule has 0 radical (unpaired) electrons. The monoisotopic (exact) mass is 197 g/mol. The average molecular weight is 197 g/mol. The summed E-state index contributed by atoms with van der Waals surface area (Å²) in [5.74, 6) is 0.868. The van der Waals surface area contributed by atoms with Crippen molar-refractivity contribution in [1.82, 2.24) is 5.32 Å². The maximum atomic E-state index is 13.1. The molecular weight excluding hydrogens is 185 g/mol. The molecule has 1 unspecified atom stereocenters. The van der Waals surface area contributed by atoms with Gasteiger partial charge in [0.15, 0.2) is 0 Å². The smallest absolute Gasteiger partial charge is 0.136 e. The van der Waals surface area contributed by atoms with Gasteiger partial charge in [-0.15, -0.1) is 11.8 Å². The molecular formula is C10H12FNS. The molecule has 1 aliphatic rings. The van der Waals surface area contributed by atoms with Crippen molar-refractivity contribution in [2.24, 2.45) is 0 Å². The highest BCUT2D eigenvalue weighted by molar-refractivity contribution is 7.99. The lowest BCUT2D eigenvalue weighted by molar-refractivity contribution is 0.405. The Kier molecular flexibility index (Phi) is 2.86. The summed E-state index contributed by atoms with van der Waals surface area (Å²) >= 11 is 1.59. The normalized spacial score (nSPS) is 21.2. The molecule has 1 fully saturated rings. The lowest BCUT2D eigenvalue weighted by atomic mass is 10.1. The minimum atomic E-state index is -0.105. The van der Waals surface area contributed by atoms with Crippen LogP contribution >= 0.6 is 11.8 Å². The number of hydrogen-bond acceptors (Lipinski definition) is 2. The number of rotatable bonds is 3. The quantitative estimate of drug-likeness (QED) is 0.746. The molecule has 1 aliphatic heterocycles. The van der Waals surface area contributed by atoms with Gasteiger partial charge in [0.05, 0.1) is 0 Å². The SMILES string of the molecule is Fc1ccccc1SCC1CCN1. The van der Waals surface area contributed by atoms with Crippen LogP contribution in [0.3, 0.4) is 0 Å². The Morgan fingerprint density at radius 3 is 2.85 bits per heavy atom. The van der Waals surface area contributed by atoms with Crippen LogP contribution in [-0.2, 0) is 0 Å². The van der Waals surface area contributed by atoms with Gasteiger partial charge >= 0.3 is 0 Å². The van der Waals surface area contributed by atoms with Gasteiger partial charge in [-0.05, 0) is 25.1 Å². The maximum absolute atomic E-state index is 13.1. The van der Waals surface area contributed by atoms with Gasteiger partial charge in [0.25, 0.3) is 0 Å². The van der Waals surface area contributed by atoms with Crippen LogP contribution < -0.4 is 5.32 Å². The predicted octanol–water partition coefficient (Wildman–Crippen LogP) is 2.28. The topological polar surface area (TPSA) is 12.0 Å². The van der Waals surface area contributed by atoms with Crippen LogP contribution in [0.1, 0.15) is 6.42 Å². The van der Waals surface area contributed by atoms with E-state index in [0.29, 0.717) is 6.04 Å². The van der Waals surface area contributed by atoms with Gasteiger partial charge in [-0.25, -0.2) is 4.39 Å². The summed E-state index contributed by atoms with van der Waals surface area (Å²) in [6.45, 7) is 1.11. The Labute approximate surface area is 81.7 Å². The number of benzene rings is 1. The van der Waals surface area contributed by atoms with Crippen molar-refractivity contribution in [2.75, 3.05) is 12.3 Å². The molecule has 1 saturated heterocycles. The van der Waals surface area contributed by atoms with Gasteiger partial charge < -0.3 is 5.32 Å². The van der Waals surface area contributed by atoms with E-state index in [2.05, 4.69) is 5.32 Å². The second-order valence-corrected chi connectivity index (χ2v) is 4.24. The first kappa shape index (κ1) is 9.03. The lowest BCUT2D eigenvalue weighted by Gasteiger charge is -2.27. The molecule has 1 nitrogen and oxygen atoms in total. The number of halogens is 1. The van der Waals surface area contributed by atoms with Crippen LogP contribution in [0, 0.1) is 5.82 Å². The molecule has 1 aromatic rings. The molecule has 0 spiro atoms. The van der Waals surface area contributed by atoms with E-state index < -0.39 is 0 Å². The molecule has 0 saturated carbocycles. The van der Waals surface area contributed by atoms with Crippen molar-refractivity contribution in [2.45, 2.75) is 17.4 Å². The summed E-state index contributed by atoms with van der Waals surface area (Å²) in [5, 5.41) is 3.29. The molecule has 2 rings (SSSR count). The standard InChI is InChI=1S/C10H12FNS/c11-9-3-1-2-4-10(9)13-7-8-5-6-12-8/h1-4,8,12H,5-7H2. The molecule has 1 atom stereocenters. The van der Waals surface area contributed by atoms with Crippen molar-refractivity contribution < 1.29 is 4.39 Å². The first-order chi connectivity index (χ1) is 6.36. The molecule has 1 N–H and O–H groups in total. The summed E-state index contributed by atoms with van der Waals surface area (Å²) in [6.07, 6.45) is 1.22. The molecule has 0 aromatic heterocycles. The average Bonchev–Trinajstić information content (AvgIpc) is 2.05. The molecule has 0 amide bonds. The molecule has 0 aliphatic carbocycles. The Morgan fingerprint density at radius 1 is 1.46 bits per heavy atom. The highest BCUT2D eigenvalue weighted by Gasteiger charge is 2.16. The Morgan fingerprint density at radius 2 is 2.23 bits per heavy atom. The number of hydrogen-bond donors (Lipinski definition) is 1. The van der Waals surface area contributed by atoms with Gasteiger partial charge in [0, 0.05) is 16.7 Å². The van der Waals surface area contributed by atoms with Gasteiger partial charge in [-0.3, -0.25) is 0 Å². The van der Waals surface area contributed by atoms with Crippen molar-refractivity contribution >= 4 is 11.8 Å². The van der Waals surface area contributed by atoms with Crippen LogP contribution in [0.15, 0.2) is 29.2 Å². The second kappa shape index (κ2) is 4.11. The minimum Gasteiger partial charge on any atom is -0.313 e. The number of thioether (sulfide) groups is 1. The van der Waals surface area contributed by atoms with Crippen LogP contribution in [0.5, 0.6) is 0 Å². The Hall–Kier alpha value is -0.540. The van der Waals surface area contributed by atoms with Crippen LogP contribution in [0.25, 0.3) is 0 Å². The van der Waals surface area contributed by atoms with E-state index in [1.807, 2.05) is 12.1 Å². The zero-order chi connectivity index (χ0) is 9.10. The van der Waals surface area contributed by atoms with Crippen molar-refractivity contribution in [3.63, 3.8) is 0 Å². The number of nitrogens with one attached hydrogen (secondary N) is 1. The summed E-state index contributed by atoms with van der Waals surface area (Å²) in [4.78, 5) is 0.760. The summed E-state index contributed by atoms with van der Waals surface area (Å²) in [5.41, 5.74) is 0. The first-order valence-electron chi connectivity index (χ1n) is 4.47. The summed E-state index contributed by atoms with van der Waals surface area (Å²) in [6, 6.07) is 7.53. The van der Waals surface area contributed by atoms with Crippen molar-refractivity contribution in [3.05, 3.63) is 30.1 Å². The Bertz CT molecular complexity index is 286. The van der Waals surface area contributed by atoms with E-state index in [1.165, 1.54) is 12.5 Å². The van der Waals surface area contributed by atoms with E-state index in [9.17, 15) is 4.39 Å². The van der Waals surface area contributed by atoms with Crippen LogP contribution in [0.2, 0.25) is 0 Å². The molecule has 1 aromatic carbocycles. The van der Waals surface area contributed by atoms with Crippen molar-refractivity contribution in [1.29, 1.82) is 0 Å². The molecule has 0 bridgehead atoms. The van der Waals surface area contributed by atoms with Gasteiger partial charge in [0.2, 0.25) is 0 Å². The van der Waals surface area contributed by atoms with Gasteiger partial charge in [0.1, 0.15) is 5.82 Å². The predicted molar refractivity (Wildman–Crippen MR) is 53.5 cm³/mol. The zero-order valence-electron chi connectivity index (χ0n) is 7.29. The summed E-state index contributed by atoms with van der Waals surface area (Å²) in [7, 11) is 0. The fourth-order valence-corrected chi connectivity index (χ4v) is 2.29. The van der Waals surface area contributed by atoms with E-state index in [1.54, 1.807) is 17.8 Å². The molecule has 3 heteroatoms. The fourth-order valence-electron chi connectivity index (χ4n) is 1.24. The van der Waals surface area contributed by atoms with Crippen molar-refractivity contribution in [3.8, 4) is 0 Å². The van der Waals surface area contributed by atoms with E-state index in [4.69, 9.17) is 0 Å². The third kappa shape index (κ3) is 2.23. The third-order valence-electron chi connectivity index (χ3n) is 2.20. The zero-order valence-corrected chi connectivity index (χ0v) is 8.11. The fraction of sp³-hybridized carbons (Fsp3) is 0.400. The van der Waals surface area contributed by atoms with Crippen LogP contribution in [-0.4, -0.2) is 18.3 Å². The molecule has 13 heavy (non-hydrogen) atoms. The second-order valence-electron chi connectivity index (χ2n) is 3.18. The first-order valence-corrected chi connectivity index (χ1v) is 5.45. The highest BCUT2D eigenvalue weighted by atomic mass is 32.2. The van der Waals surface area contributed by atoms with Gasteiger partial charge in [-0.1, -0.05) is 12.1 Å². The minimum absolute atomic E-state index is 0.105. The maximum Gasteiger partial charge on any atom is 0.136 e. The van der Waals surface area contributed by atoms with Gasteiger partial charge in [-0.2, -0.15) is 0 Å². The summed E-state index contributed by atoms with van der Waals surface area (Å²) < 4.78 is 13.1. The van der Waals surface area contributed by atoms with E-state index in [0.717, 1.165) is 17.2 Å². The highest BCUT2D eigenvalue weighted by Crippen LogP contribution is 2.23. The van der Waals surface area contributed by atoms with Crippen LogP contribution in [0.4, 0.5) is 4.39 Å². The van der Waals surface area contributed by atoms with E-state index >= 15 is 0 Å².